The summed E-state index contributed by atoms with van der Waals surface area (Å²) in [6.45, 7) is 1.08. The van der Waals surface area contributed by atoms with Crippen molar-refractivity contribution in [1.82, 2.24) is 19.9 Å². The summed E-state index contributed by atoms with van der Waals surface area (Å²) in [5, 5.41) is 7.15. The van der Waals surface area contributed by atoms with Crippen molar-refractivity contribution >= 4 is 33.7 Å². The van der Waals surface area contributed by atoms with Crippen LogP contribution in [0.1, 0.15) is 0 Å². The van der Waals surface area contributed by atoms with Crippen LogP contribution in [0.25, 0.3) is 21.8 Å². The lowest BCUT2D eigenvalue weighted by Crippen LogP contribution is -2.32. The largest absolute Gasteiger partial charge is 0.353 e. The third kappa shape index (κ3) is 3.55. The van der Waals surface area contributed by atoms with Crippen molar-refractivity contribution in [2.45, 2.75) is 6.54 Å². The maximum Gasteiger partial charge on any atom is 0.240 e. The fourth-order valence-corrected chi connectivity index (χ4v) is 3.21. The molecule has 0 saturated heterocycles. The molecule has 0 unspecified atom stereocenters. The van der Waals surface area contributed by atoms with E-state index >= 15 is 0 Å². The van der Waals surface area contributed by atoms with Gasteiger partial charge >= 0.3 is 0 Å². The lowest BCUT2D eigenvalue weighted by Gasteiger charge is -2.15. The number of carbonyl (C=O) groups is 1. The highest BCUT2D eigenvalue weighted by atomic mass is 16.2. The molecule has 4 rings (SSSR count). The maximum absolute atomic E-state index is 12.7. The molecule has 0 bridgehead atoms. The molecule has 0 fully saturated rings. The van der Waals surface area contributed by atoms with E-state index in [1.54, 1.807) is 30.6 Å². The number of nitrogens with zero attached hydrogens (tertiary/aromatic N) is 3. The minimum Gasteiger partial charge on any atom is -0.353 e. The van der Waals surface area contributed by atoms with Crippen LogP contribution in [0, 0.1) is 0 Å². The number of anilines is 1. The topological polar surface area (TPSA) is 88.9 Å². The predicted molar refractivity (Wildman–Crippen MR) is 109 cm³/mol. The van der Waals surface area contributed by atoms with Gasteiger partial charge in [0.2, 0.25) is 11.9 Å². The molecule has 2 N–H and O–H groups in total. The number of hydrogen-bond acceptors (Lipinski definition) is 5. The van der Waals surface area contributed by atoms with Gasteiger partial charge in [-0.05, 0) is 30.3 Å². The Labute approximate surface area is 161 Å². The van der Waals surface area contributed by atoms with Crippen LogP contribution in [0.2, 0.25) is 0 Å². The van der Waals surface area contributed by atoms with E-state index in [1.807, 2.05) is 41.0 Å². The first kappa shape index (κ1) is 17.7. The third-order valence-electron chi connectivity index (χ3n) is 4.48. The Kier molecular flexibility index (Phi) is 4.97. The van der Waals surface area contributed by atoms with Crippen LogP contribution in [-0.4, -0.2) is 33.5 Å². The van der Waals surface area contributed by atoms with Gasteiger partial charge in [0.15, 0.2) is 5.43 Å². The number of benzene rings is 2. The molecule has 0 aliphatic heterocycles. The van der Waals surface area contributed by atoms with Gasteiger partial charge in [-0.2, -0.15) is 0 Å². The molecule has 0 radical (unpaired) electrons. The lowest BCUT2D eigenvalue weighted by molar-refractivity contribution is -0.121. The first-order valence-corrected chi connectivity index (χ1v) is 9.02. The zero-order valence-electron chi connectivity index (χ0n) is 15.1. The van der Waals surface area contributed by atoms with Gasteiger partial charge in [-0.25, -0.2) is 9.97 Å². The molecule has 0 aliphatic carbocycles. The Morgan fingerprint density at radius 1 is 0.857 bits per heavy atom. The van der Waals surface area contributed by atoms with Crippen LogP contribution in [0.4, 0.5) is 5.95 Å². The van der Waals surface area contributed by atoms with Crippen LogP contribution >= 0.6 is 0 Å². The van der Waals surface area contributed by atoms with E-state index in [1.165, 1.54) is 0 Å². The number of carbonyl (C=O) groups excluding carboxylic acids is 1. The normalized spacial score (nSPS) is 10.9. The third-order valence-corrected chi connectivity index (χ3v) is 4.48. The van der Waals surface area contributed by atoms with Gasteiger partial charge in [-0.3, -0.25) is 9.59 Å². The van der Waals surface area contributed by atoms with Gasteiger partial charge in [-0.1, -0.05) is 24.3 Å². The Hall–Kier alpha value is -3.74. The zero-order chi connectivity index (χ0) is 19.3. The maximum atomic E-state index is 12.7. The Bertz CT molecular complexity index is 1130. The minimum absolute atomic E-state index is 0.0186. The van der Waals surface area contributed by atoms with Crippen LogP contribution in [0.3, 0.4) is 0 Å². The molecule has 4 aromatic rings. The second-order valence-electron chi connectivity index (χ2n) is 6.30. The van der Waals surface area contributed by atoms with Crippen molar-refractivity contribution in [3.63, 3.8) is 0 Å². The van der Waals surface area contributed by atoms with Crippen molar-refractivity contribution in [3.05, 3.63) is 77.2 Å². The van der Waals surface area contributed by atoms with Crippen molar-refractivity contribution in [2.24, 2.45) is 0 Å². The number of fused-ring (bicyclic) bond motifs is 2. The molecule has 2 aromatic carbocycles. The smallest absolute Gasteiger partial charge is 0.240 e. The molecular weight excluding hydrogens is 354 g/mol. The first-order valence-electron chi connectivity index (χ1n) is 9.02. The van der Waals surface area contributed by atoms with E-state index in [0.717, 1.165) is 11.0 Å². The van der Waals surface area contributed by atoms with Gasteiger partial charge in [0.25, 0.3) is 0 Å². The molecule has 1 amide bonds. The molecule has 2 heterocycles. The fraction of sp³-hybridized carbons (Fsp3) is 0.143. The Balaban J connectivity index is 1.53. The second-order valence-corrected chi connectivity index (χ2v) is 6.30. The summed E-state index contributed by atoms with van der Waals surface area (Å²) < 4.78 is 1.88. The van der Waals surface area contributed by atoms with Crippen molar-refractivity contribution in [3.8, 4) is 0 Å². The summed E-state index contributed by atoms with van der Waals surface area (Å²) in [6.07, 6.45) is 3.31. The summed E-state index contributed by atoms with van der Waals surface area (Å²) in [5.74, 6) is 0.392. The van der Waals surface area contributed by atoms with Gasteiger partial charge in [-0.15, -0.1) is 0 Å². The summed E-state index contributed by atoms with van der Waals surface area (Å²) in [4.78, 5) is 33.4. The van der Waals surface area contributed by atoms with E-state index in [0.29, 0.717) is 29.8 Å². The van der Waals surface area contributed by atoms with Gasteiger partial charge < -0.3 is 15.2 Å². The van der Waals surface area contributed by atoms with E-state index < -0.39 is 0 Å². The molecule has 140 valence electrons. The summed E-state index contributed by atoms with van der Waals surface area (Å²) in [6, 6.07) is 16.5. The molecule has 0 spiro atoms. The molecule has 2 aromatic heterocycles. The number of pyridine rings is 1. The van der Waals surface area contributed by atoms with Gasteiger partial charge in [0.05, 0.1) is 11.0 Å². The molecule has 0 atom stereocenters. The average Bonchev–Trinajstić information content (AvgIpc) is 2.75. The van der Waals surface area contributed by atoms with Crippen molar-refractivity contribution in [2.75, 3.05) is 18.4 Å². The fourth-order valence-electron chi connectivity index (χ4n) is 3.21. The highest BCUT2D eigenvalue weighted by Crippen LogP contribution is 2.18. The highest BCUT2D eigenvalue weighted by molar-refractivity contribution is 5.94. The molecule has 7 heteroatoms. The van der Waals surface area contributed by atoms with E-state index in [4.69, 9.17) is 0 Å². The van der Waals surface area contributed by atoms with E-state index in [9.17, 15) is 9.59 Å². The number of para-hydroxylation sites is 2. The lowest BCUT2D eigenvalue weighted by atomic mass is 10.1. The number of aromatic nitrogens is 3. The average molecular weight is 373 g/mol. The first-order chi connectivity index (χ1) is 13.7. The van der Waals surface area contributed by atoms with Crippen LogP contribution in [-0.2, 0) is 11.3 Å². The monoisotopic (exact) mass is 373 g/mol. The van der Waals surface area contributed by atoms with Gasteiger partial charge in [0, 0.05) is 36.3 Å². The van der Waals surface area contributed by atoms with Crippen LogP contribution < -0.4 is 16.1 Å². The zero-order valence-corrected chi connectivity index (χ0v) is 15.1. The molecule has 7 nitrogen and oxygen atoms in total. The van der Waals surface area contributed by atoms with E-state index in [-0.39, 0.29) is 17.9 Å². The van der Waals surface area contributed by atoms with E-state index in [2.05, 4.69) is 20.6 Å². The van der Waals surface area contributed by atoms with Crippen molar-refractivity contribution in [1.29, 1.82) is 0 Å². The molecule has 0 saturated carbocycles. The summed E-state index contributed by atoms with van der Waals surface area (Å²) in [5.41, 5.74) is 1.48. The van der Waals surface area contributed by atoms with Crippen LogP contribution in [0.15, 0.2) is 71.8 Å². The summed E-state index contributed by atoms with van der Waals surface area (Å²) in [7, 11) is 0. The number of amides is 1. The second kappa shape index (κ2) is 7.87. The minimum atomic E-state index is -0.130. The van der Waals surface area contributed by atoms with Crippen LogP contribution in [0.5, 0.6) is 0 Å². The number of hydrogen-bond donors (Lipinski definition) is 2. The molecule has 0 aliphatic rings. The Morgan fingerprint density at radius 3 is 2.11 bits per heavy atom. The standard InChI is InChI=1S/C21H19N5O2/c27-19(22-12-13-25-21-23-10-5-11-24-21)14-26-17-8-3-1-6-15(17)20(28)16-7-2-4-9-18(16)26/h1-11H,12-14H2,(H,22,27)(H,23,24,25). The SMILES string of the molecule is O=C(Cn1c2ccccc2c(=O)c2ccccc21)NCCNc1ncccn1. The van der Waals surface area contributed by atoms with Gasteiger partial charge in [0.1, 0.15) is 6.54 Å². The number of rotatable bonds is 6. The quantitative estimate of drug-likeness (QED) is 0.399. The molecule has 28 heavy (non-hydrogen) atoms. The Morgan fingerprint density at radius 2 is 1.46 bits per heavy atom. The molecular formula is C21H19N5O2. The summed E-state index contributed by atoms with van der Waals surface area (Å²) >= 11 is 0. The predicted octanol–water partition coefficient (Wildman–Crippen LogP) is 2.17. The highest BCUT2D eigenvalue weighted by Gasteiger charge is 2.12. The van der Waals surface area contributed by atoms with Crippen molar-refractivity contribution < 1.29 is 4.79 Å². The number of nitrogens with one attached hydrogen (secondary N) is 2.